The second kappa shape index (κ2) is 6.70. The lowest BCUT2D eigenvalue weighted by atomic mass is 9.95. The van der Waals surface area contributed by atoms with Crippen molar-refractivity contribution in [2.75, 3.05) is 7.11 Å². The summed E-state index contributed by atoms with van der Waals surface area (Å²) in [6.45, 7) is 1.31. The van der Waals surface area contributed by atoms with Crippen molar-refractivity contribution in [3.63, 3.8) is 0 Å². The Balaban J connectivity index is 1.40. The van der Waals surface area contributed by atoms with Crippen LogP contribution in [0, 0.1) is 0 Å². The predicted octanol–water partition coefficient (Wildman–Crippen LogP) is 2.40. The van der Waals surface area contributed by atoms with E-state index in [1.807, 2.05) is 6.07 Å². The first-order valence-electron chi connectivity index (χ1n) is 7.65. The van der Waals surface area contributed by atoms with Crippen LogP contribution in [0.3, 0.4) is 0 Å². The van der Waals surface area contributed by atoms with E-state index in [1.54, 1.807) is 7.11 Å². The van der Waals surface area contributed by atoms with Gasteiger partial charge >= 0.3 is 0 Å². The highest BCUT2D eigenvalue weighted by Gasteiger charge is 2.23. The number of ether oxygens (including phenoxy) is 2. The second-order valence-corrected chi connectivity index (χ2v) is 5.90. The standard InChI is InChI=1S/C15H24N2O3/c1-18-13-3-2-4-14(8-13)19-10-15-7-12(17-20-15)9-16-11-5-6-11/h7,11,13-14,16H,2-6,8-10H2,1H3. The number of nitrogens with one attached hydrogen (secondary N) is 1. The first-order chi connectivity index (χ1) is 9.83. The van der Waals surface area contributed by atoms with Crippen molar-refractivity contribution in [3.05, 3.63) is 17.5 Å². The van der Waals surface area contributed by atoms with E-state index in [1.165, 1.54) is 19.3 Å². The molecule has 2 saturated carbocycles. The number of rotatable bonds is 7. The Bertz CT molecular complexity index is 417. The summed E-state index contributed by atoms with van der Waals surface area (Å²) in [5.41, 5.74) is 0.967. The summed E-state index contributed by atoms with van der Waals surface area (Å²) in [6, 6.07) is 2.69. The Morgan fingerprint density at radius 3 is 2.95 bits per heavy atom. The van der Waals surface area contributed by atoms with E-state index >= 15 is 0 Å². The molecule has 0 bridgehead atoms. The molecule has 2 unspecified atom stereocenters. The van der Waals surface area contributed by atoms with Gasteiger partial charge < -0.3 is 19.3 Å². The van der Waals surface area contributed by atoms with Gasteiger partial charge in [-0.25, -0.2) is 0 Å². The van der Waals surface area contributed by atoms with Gasteiger partial charge in [0.2, 0.25) is 0 Å². The number of aromatic nitrogens is 1. The fourth-order valence-electron chi connectivity index (χ4n) is 2.71. The molecule has 0 amide bonds. The van der Waals surface area contributed by atoms with Crippen LogP contribution in [0.25, 0.3) is 0 Å². The average Bonchev–Trinajstić information content (AvgIpc) is 3.21. The third kappa shape index (κ3) is 4.04. The van der Waals surface area contributed by atoms with E-state index in [9.17, 15) is 0 Å². The van der Waals surface area contributed by atoms with Crippen LogP contribution in [0.4, 0.5) is 0 Å². The van der Waals surface area contributed by atoms with E-state index in [2.05, 4.69) is 10.5 Å². The zero-order valence-electron chi connectivity index (χ0n) is 12.1. The fourth-order valence-corrected chi connectivity index (χ4v) is 2.71. The van der Waals surface area contributed by atoms with Gasteiger partial charge in [0.25, 0.3) is 0 Å². The Kier molecular flexibility index (Phi) is 4.70. The number of methoxy groups -OCH3 is 1. The van der Waals surface area contributed by atoms with Crippen LogP contribution in [0.5, 0.6) is 0 Å². The van der Waals surface area contributed by atoms with E-state index < -0.39 is 0 Å². The first-order valence-corrected chi connectivity index (χ1v) is 7.65. The quantitative estimate of drug-likeness (QED) is 0.831. The molecule has 0 radical (unpaired) electrons. The van der Waals surface area contributed by atoms with Gasteiger partial charge in [0.1, 0.15) is 6.61 Å². The lowest BCUT2D eigenvalue weighted by molar-refractivity contribution is -0.0414. The molecular weight excluding hydrogens is 256 g/mol. The SMILES string of the molecule is COC1CCCC(OCc2cc(CNC3CC3)no2)C1. The van der Waals surface area contributed by atoms with Crippen molar-refractivity contribution in [1.82, 2.24) is 10.5 Å². The highest BCUT2D eigenvalue weighted by atomic mass is 16.5. The van der Waals surface area contributed by atoms with Crippen molar-refractivity contribution in [2.45, 2.75) is 69.9 Å². The molecule has 2 aliphatic carbocycles. The molecule has 5 heteroatoms. The molecule has 1 aromatic heterocycles. The molecule has 5 nitrogen and oxygen atoms in total. The first kappa shape index (κ1) is 14.0. The van der Waals surface area contributed by atoms with Crippen molar-refractivity contribution in [3.8, 4) is 0 Å². The average molecular weight is 280 g/mol. The van der Waals surface area contributed by atoms with E-state index in [0.717, 1.165) is 37.3 Å². The van der Waals surface area contributed by atoms with Gasteiger partial charge in [0.05, 0.1) is 17.9 Å². The molecule has 2 aliphatic rings. The molecule has 1 aromatic rings. The smallest absolute Gasteiger partial charge is 0.162 e. The highest BCUT2D eigenvalue weighted by Crippen LogP contribution is 2.24. The van der Waals surface area contributed by atoms with E-state index in [-0.39, 0.29) is 6.10 Å². The Hall–Kier alpha value is -0.910. The lowest BCUT2D eigenvalue weighted by Gasteiger charge is -2.27. The van der Waals surface area contributed by atoms with Crippen molar-refractivity contribution < 1.29 is 14.0 Å². The maximum atomic E-state index is 5.92. The van der Waals surface area contributed by atoms with Crippen LogP contribution in [0.15, 0.2) is 10.6 Å². The molecule has 0 aliphatic heterocycles. The van der Waals surface area contributed by atoms with Crippen molar-refractivity contribution in [2.24, 2.45) is 0 Å². The van der Waals surface area contributed by atoms with Gasteiger partial charge in [-0.1, -0.05) is 5.16 Å². The van der Waals surface area contributed by atoms with Crippen LogP contribution in [0.1, 0.15) is 50.0 Å². The van der Waals surface area contributed by atoms with Crippen LogP contribution in [-0.4, -0.2) is 30.5 Å². The summed E-state index contributed by atoms with van der Waals surface area (Å²) in [6.07, 6.45) is 7.64. The highest BCUT2D eigenvalue weighted by molar-refractivity contribution is 5.05. The predicted molar refractivity (Wildman–Crippen MR) is 74.2 cm³/mol. The van der Waals surface area contributed by atoms with E-state index in [4.69, 9.17) is 14.0 Å². The molecule has 2 fully saturated rings. The Morgan fingerprint density at radius 1 is 1.30 bits per heavy atom. The molecule has 1 heterocycles. The number of hydrogen-bond donors (Lipinski definition) is 1. The molecule has 1 N–H and O–H groups in total. The number of nitrogens with zero attached hydrogens (tertiary/aromatic N) is 1. The normalized spacial score (nSPS) is 26.9. The minimum Gasteiger partial charge on any atom is -0.381 e. The summed E-state index contributed by atoms with van der Waals surface area (Å²) < 4.78 is 16.6. The summed E-state index contributed by atoms with van der Waals surface area (Å²) in [7, 11) is 1.78. The van der Waals surface area contributed by atoms with Crippen LogP contribution >= 0.6 is 0 Å². The summed E-state index contributed by atoms with van der Waals surface area (Å²) >= 11 is 0. The molecule has 0 spiro atoms. The minimum atomic E-state index is 0.284. The summed E-state index contributed by atoms with van der Waals surface area (Å²) in [5, 5.41) is 7.49. The third-order valence-corrected chi connectivity index (χ3v) is 4.13. The maximum absolute atomic E-state index is 5.92. The van der Waals surface area contributed by atoms with E-state index in [0.29, 0.717) is 18.8 Å². The minimum absolute atomic E-state index is 0.284. The lowest BCUT2D eigenvalue weighted by Crippen LogP contribution is -2.27. The Labute approximate surface area is 120 Å². The van der Waals surface area contributed by atoms with Gasteiger partial charge in [0.15, 0.2) is 5.76 Å². The molecule has 3 rings (SSSR count). The van der Waals surface area contributed by atoms with Gasteiger partial charge in [-0.3, -0.25) is 0 Å². The van der Waals surface area contributed by atoms with Gasteiger partial charge in [-0.05, 0) is 38.5 Å². The molecule has 20 heavy (non-hydrogen) atoms. The zero-order valence-corrected chi connectivity index (χ0v) is 12.1. The largest absolute Gasteiger partial charge is 0.381 e. The van der Waals surface area contributed by atoms with Crippen LogP contribution < -0.4 is 5.32 Å². The molecule has 0 saturated heterocycles. The Morgan fingerprint density at radius 2 is 2.15 bits per heavy atom. The number of hydrogen-bond acceptors (Lipinski definition) is 5. The monoisotopic (exact) mass is 280 g/mol. The van der Waals surface area contributed by atoms with Crippen LogP contribution in [-0.2, 0) is 22.6 Å². The van der Waals surface area contributed by atoms with Gasteiger partial charge in [0, 0.05) is 25.8 Å². The summed E-state index contributed by atoms with van der Waals surface area (Å²) in [4.78, 5) is 0. The second-order valence-electron chi connectivity index (χ2n) is 5.90. The van der Waals surface area contributed by atoms with Crippen molar-refractivity contribution >= 4 is 0 Å². The fraction of sp³-hybridized carbons (Fsp3) is 0.800. The van der Waals surface area contributed by atoms with Gasteiger partial charge in [-0.15, -0.1) is 0 Å². The molecule has 2 atom stereocenters. The van der Waals surface area contributed by atoms with Crippen molar-refractivity contribution in [1.29, 1.82) is 0 Å². The molecule has 112 valence electrons. The maximum Gasteiger partial charge on any atom is 0.162 e. The topological polar surface area (TPSA) is 56.5 Å². The zero-order chi connectivity index (χ0) is 13.8. The van der Waals surface area contributed by atoms with Gasteiger partial charge in [-0.2, -0.15) is 0 Å². The third-order valence-electron chi connectivity index (χ3n) is 4.13. The molecule has 0 aromatic carbocycles. The molecular formula is C15H24N2O3. The summed E-state index contributed by atoms with van der Waals surface area (Å²) in [5.74, 6) is 0.817. The van der Waals surface area contributed by atoms with Crippen LogP contribution in [0.2, 0.25) is 0 Å².